The van der Waals surface area contributed by atoms with Gasteiger partial charge in [0.1, 0.15) is 5.75 Å². The van der Waals surface area contributed by atoms with Crippen molar-refractivity contribution in [2.75, 3.05) is 12.4 Å². The summed E-state index contributed by atoms with van der Waals surface area (Å²) < 4.78 is 52.7. The van der Waals surface area contributed by atoms with E-state index in [4.69, 9.17) is 9.88 Å². The monoisotopic (exact) mass is 279 g/mol. The maximum Gasteiger partial charge on any atom is 0.209 e. The molecule has 0 aliphatic carbocycles. The summed E-state index contributed by atoms with van der Waals surface area (Å²) in [4.78, 5) is 0. The van der Waals surface area contributed by atoms with E-state index in [1.165, 1.54) is 6.07 Å². The maximum atomic E-state index is 12.9. The number of nitrogens with two attached hydrogens (primary N) is 1. The van der Waals surface area contributed by atoms with Crippen LogP contribution in [-0.4, -0.2) is 20.8 Å². The number of halogens is 2. The second kappa shape index (κ2) is 5.19. The quantitative estimate of drug-likeness (QED) is 0.891. The first kappa shape index (κ1) is 14.8. The molecule has 1 aromatic rings. The molecule has 0 atom stereocenters. The summed E-state index contributed by atoms with van der Waals surface area (Å²) in [5.41, 5.74) is -0.724. The Hall–Kier alpha value is -1.21. The van der Waals surface area contributed by atoms with Crippen molar-refractivity contribution < 1.29 is 21.9 Å². The lowest BCUT2D eigenvalue weighted by molar-refractivity contribution is 0.199. The molecule has 0 saturated heterocycles. The Morgan fingerprint density at radius 3 is 2.39 bits per heavy atom. The van der Waals surface area contributed by atoms with Crippen LogP contribution in [0.15, 0.2) is 18.2 Å². The molecule has 0 unspecified atom stereocenters. The zero-order valence-electron chi connectivity index (χ0n) is 10.1. The maximum absolute atomic E-state index is 12.9. The minimum atomic E-state index is -3.62. The molecule has 102 valence electrons. The summed E-state index contributed by atoms with van der Waals surface area (Å²) in [6, 6.07) is 3.12. The SMILES string of the molecule is CC(C)(COc1ccc(F)c(F)c1)CS(N)(=O)=O. The van der Waals surface area contributed by atoms with Crippen LogP contribution in [0, 0.1) is 17.0 Å². The highest BCUT2D eigenvalue weighted by atomic mass is 32.2. The fraction of sp³-hybridized carbons (Fsp3) is 0.455. The highest BCUT2D eigenvalue weighted by Gasteiger charge is 2.25. The zero-order chi connectivity index (χ0) is 14.0. The number of hydrogen-bond acceptors (Lipinski definition) is 3. The lowest BCUT2D eigenvalue weighted by Crippen LogP contribution is -2.33. The normalized spacial score (nSPS) is 12.5. The minimum Gasteiger partial charge on any atom is -0.493 e. The predicted octanol–water partition coefficient (Wildman–Crippen LogP) is 1.66. The molecule has 0 heterocycles. The van der Waals surface area contributed by atoms with Crippen LogP contribution in [-0.2, 0) is 10.0 Å². The van der Waals surface area contributed by atoms with E-state index in [2.05, 4.69) is 0 Å². The first-order chi connectivity index (χ1) is 8.09. The standard InChI is InChI=1S/C11H15F2NO3S/c1-11(2,7-18(14,15)16)6-17-8-3-4-9(12)10(13)5-8/h3-5H,6-7H2,1-2H3,(H2,14,15,16). The highest BCUT2D eigenvalue weighted by Crippen LogP contribution is 2.21. The minimum absolute atomic E-state index is 0.0223. The Bertz CT molecular complexity index is 529. The lowest BCUT2D eigenvalue weighted by Gasteiger charge is -2.23. The fourth-order valence-electron chi connectivity index (χ4n) is 1.43. The molecule has 0 fully saturated rings. The van der Waals surface area contributed by atoms with Gasteiger partial charge in [-0.15, -0.1) is 0 Å². The van der Waals surface area contributed by atoms with Crippen LogP contribution in [0.4, 0.5) is 8.78 Å². The molecular formula is C11H15F2NO3S. The number of primary sulfonamides is 1. The van der Waals surface area contributed by atoms with E-state index in [1.54, 1.807) is 13.8 Å². The van der Waals surface area contributed by atoms with Gasteiger partial charge < -0.3 is 4.74 Å². The second-order valence-corrected chi connectivity index (χ2v) is 6.45. The number of hydrogen-bond donors (Lipinski definition) is 1. The van der Waals surface area contributed by atoms with E-state index in [9.17, 15) is 17.2 Å². The van der Waals surface area contributed by atoms with Gasteiger partial charge in [0.2, 0.25) is 10.0 Å². The molecule has 0 aliphatic heterocycles. The van der Waals surface area contributed by atoms with Gasteiger partial charge in [-0.1, -0.05) is 13.8 Å². The van der Waals surface area contributed by atoms with Crippen LogP contribution in [0.2, 0.25) is 0 Å². The molecule has 0 amide bonds. The van der Waals surface area contributed by atoms with Gasteiger partial charge in [-0.25, -0.2) is 22.3 Å². The van der Waals surface area contributed by atoms with Crippen LogP contribution in [0.1, 0.15) is 13.8 Å². The molecule has 0 aliphatic rings. The van der Waals surface area contributed by atoms with Gasteiger partial charge in [0.05, 0.1) is 12.4 Å². The van der Waals surface area contributed by atoms with Crippen molar-refractivity contribution in [3.05, 3.63) is 29.8 Å². The zero-order valence-corrected chi connectivity index (χ0v) is 10.9. The smallest absolute Gasteiger partial charge is 0.209 e. The summed E-state index contributed by atoms with van der Waals surface area (Å²) >= 11 is 0. The molecule has 2 N–H and O–H groups in total. The second-order valence-electron chi connectivity index (χ2n) is 4.84. The molecule has 0 radical (unpaired) electrons. The topological polar surface area (TPSA) is 69.4 Å². The van der Waals surface area contributed by atoms with Crippen LogP contribution < -0.4 is 9.88 Å². The van der Waals surface area contributed by atoms with Crippen molar-refractivity contribution in [1.29, 1.82) is 0 Å². The van der Waals surface area contributed by atoms with Gasteiger partial charge in [-0.05, 0) is 12.1 Å². The van der Waals surface area contributed by atoms with E-state index in [1.807, 2.05) is 0 Å². The highest BCUT2D eigenvalue weighted by molar-refractivity contribution is 7.89. The number of benzene rings is 1. The largest absolute Gasteiger partial charge is 0.493 e. The van der Waals surface area contributed by atoms with Crippen LogP contribution >= 0.6 is 0 Å². The van der Waals surface area contributed by atoms with Crippen molar-refractivity contribution in [3.8, 4) is 5.75 Å². The molecule has 18 heavy (non-hydrogen) atoms. The molecule has 1 rings (SSSR count). The third-order valence-electron chi connectivity index (χ3n) is 2.11. The molecule has 0 spiro atoms. The Morgan fingerprint density at radius 2 is 1.89 bits per heavy atom. The van der Waals surface area contributed by atoms with Crippen molar-refractivity contribution in [2.24, 2.45) is 10.6 Å². The van der Waals surface area contributed by atoms with Gasteiger partial charge in [-0.3, -0.25) is 0 Å². The van der Waals surface area contributed by atoms with Crippen LogP contribution in [0.5, 0.6) is 5.75 Å². The van der Waals surface area contributed by atoms with Crippen LogP contribution in [0.3, 0.4) is 0 Å². The summed E-state index contributed by atoms with van der Waals surface area (Å²) in [5, 5.41) is 4.94. The first-order valence-electron chi connectivity index (χ1n) is 5.17. The Morgan fingerprint density at radius 1 is 1.28 bits per heavy atom. The lowest BCUT2D eigenvalue weighted by atomic mass is 9.98. The van der Waals surface area contributed by atoms with Crippen molar-refractivity contribution in [1.82, 2.24) is 0 Å². The molecule has 0 saturated carbocycles. The van der Waals surface area contributed by atoms with E-state index < -0.39 is 27.1 Å². The van der Waals surface area contributed by atoms with Gasteiger partial charge in [0.25, 0.3) is 0 Å². The van der Waals surface area contributed by atoms with Gasteiger partial charge in [0.15, 0.2) is 11.6 Å². The Balaban J connectivity index is 2.67. The van der Waals surface area contributed by atoms with E-state index in [-0.39, 0.29) is 18.1 Å². The van der Waals surface area contributed by atoms with Gasteiger partial charge in [-0.2, -0.15) is 0 Å². The molecule has 0 aromatic heterocycles. The van der Waals surface area contributed by atoms with E-state index in [0.29, 0.717) is 0 Å². The Kier molecular flexibility index (Phi) is 4.28. The first-order valence-corrected chi connectivity index (χ1v) is 6.89. The Labute approximate surface area is 105 Å². The molecule has 4 nitrogen and oxygen atoms in total. The fourth-order valence-corrected chi connectivity index (χ4v) is 2.60. The van der Waals surface area contributed by atoms with Gasteiger partial charge >= 0.3 is 0 Å². The van der Waals surface area contributed by atoms with Crippen molar-refractivity contribution in [3.63, 3.8) is 0 Å². The third-order valence-corrected chi connectivity index (χ3v) is 3.30. The summed E-state index contributed by atoms with van der Waals surface area (Å²) in [5.74, 6) is -2.11. The van der Waals surface area contributed by atoms with Crippen molar-refractivity contribution in [2.45, 2.75) is 13.8 Å². The number of rotatable bonds is 5. The van der Waals surface area contributed by atoms with Gasteiger partial charge in [0, 0.05) is 11.5 Å². The number of ether oxygens (including phenoxy) is 1. The van der Waals surface area contributed by atoms with Crippen molar-refractivity contribution >= 4 is 10.0 Å². The predicted molar refractivity (Wildman–Crippen MR) is 63.6 cm³/mol. The number of sulfonamides is 1. The third kappa shape index (κ3) is 4.97. The summed E-state index contributed by atoms with van der Waals surface area (Å²) in [6.45, 7) is 3.32. The summed E-state index contributed by atoms with van der Waals surface area (Å²) in [6.07, 6.45) is 0. The molecule has 1 aromatic carbocycles. The summed E-state index contributed by atoms with van der Waals surface area (Å²) in [7, 11) is -3.62. The van der Waals surface area contributed by atoms with Crippen LogP contribution in [0.25, 0.3) is 0 Å². The average molecular weight is 279 g/mol. The molecule has 0 bridgehead atoms. The molecular weight excluding hydrogens is 264 g/mol. The van der Waals surface area contributed by atoms with E-state index >= 15 is 0 Å². The molecule has 7 heteroatoms. The average Bonchev–Trinajstić information content (AvgIpc) is 2.16. The van der Waals surface area contributed by atoms with E-state index in [0.717, 1.165) is 12.1 Å².